The van der Waals surface area contributed by atoms with Crippen LogP contribution in [-0.4, -0.2) is 29.3 Å². The van der Waals surface area contributed by atoms with Gasteiger partial charge in [0.15, 0.2) is 5.13 Å². The van der Waals surface area contributed by atoms with E-state index in [1.165, 1.54) is 18.3 Å². The normalized spacial score (nSPS) is 16.0. The Morgan fingerprint density at radius 3 is 3.04 bits per heavy atom. The van der Waals surface area contributed by atoms with Gasteiger partial charge in [0, 0.05) is 29.9 Å². The van der Waals surface area contributed by atoms with Crippen LogP contribution in [0.3, 0.4) is 0 Å². The van der Waals surface area contributed by atoms with Crippen molar-refractivity contribution >= 4 is 39.9 Å². The fourth-order valence-electron chi connectivity index (χ4n) is 2.57. The summed E-state index contributed by atoms with van der Waals surface area (Å²) in [5.74, 6) is 0.304. The highest BCUT2D eigenvalue weighted by Crippen LogP contribution is 2.36. The lowest BCUT2D eigenvalue weighted by Gasteiger charge is -2.26. The van der Waals surface area contributed by atoms with Gasteiger partial charge in [0.05, 0.1) is 18.3 Å². The number of aromatic nitrogens is 1. The summed E-state index contributed by atoms with van der Waals surface area (Å²) in [5.41, 5.74) is 2.59. The van der Waals surface area contributed by atoms with Crippen LogP contribution in [0.4, 0.5) is 5.13 Å². The summed E-state index contributed by atoms with van der Waals surface area (Å²) >= 11 is 6.81. The van der Waals surface area contributed by atoms with Gasteiger partial charge in [-0.15, -0.1) is 22.9 Å². The molecule has 0 spiro atoms. The van der Waals surface area contributed by atoms with E-state index in [0.29, 0.717) is 11.7 Å². The third-order valence-electron chi connectivity index (χ3n) is 3.59. The average Bonchev–Trinajstić information content (AvgIpc) is 3.02. The number of nitrogens with one attached hydrogen (secondary N) is 2. The number of carbonyl (C=O) groups is 2. The van der Waals surface area contributed by atoms with E-state index < -0.39 is 0 Å². The summed E-state index contributed by atoms with van der Waals surface area (Å²) in [6.07, 6.45) is 0.726. The zero-order valence-corrected chi connectivity index (χ0v) is 14.5. The first-order chi connectivity index (χ1) is 11.6. The first-order valence-corrected chi connectivity index (χ1v) is 8.84. The summed E-state index contributed by atoms with van der Waals surface area (Å²) in [6, 6.07) is 5.70. The van der Waals surface area contributed by atoms with E-state index in [9.17, 15) is 9.59 Å². The molecule has 2 amide bonds. The van der Waals surface area contributed by atoms with Crippen LogP contribution in [0.1, 0.15) is 24.9 Å². The molecule has 0 saturated carbocycles. The minimum Gasteiger partial charge on any atom is -0.493 e. The largest absolute Gasteiger partial charge is 0.493 e. The number of rotatable bonds is 4. The molecule has 0 bridgehead atoms. The van der Waals surface area contributed by atoms with Gasteiger partial charge in [-0.1, -0.05) is 0 Å². The Morgan fingerprint density at radius 1 is 1.46 bits per heavy atom. The Morgan fingerprint density at radius 2 is 2.29 bits per heavy atom. The first kappa shape index (κ1) is 16.7. The standard InChI is InChI=1S/C16H16ClN3O3S/c1-9(21)18-12-4-5-23-14-3-2-10(6-11(12)14)13-8-24-16(19-13)20-15(22)7-17/h2-3,6,8,12H,4-5,7H2,1H3,(H,18,21)(H,19,20,22). The number of alkyl halides is 1. The van der Waals surface area contributed by atoms with Crippen LogP contribution in [0.5, 0.6) is 5.75 Å². The number of carbonyl (C=O) groups excluding carboxylic acids is 2. The Kier molecular flexibility index (Phi) is 5.01. The van der Waals surface area contributed by atoms with Gasteiger partial charge in [-0.25, -0.2) is 4.98 Å². The number of halogens is 1. The van der Waals surface area contributed by atoms with Crippen LogP contribution in [0.15, 0.2) is 23.6 Å². The smallest absolute Gasteiger partial charge is 0.241 e. The molecule has 0 aliphatic carbocycles. The fraction of sp³-hybridized carbons (Fsp3) is 0.312. The lowest BCUT2D eigenvalue weighted by molar-refractivity contribution is -0.120. The van der Waals surface area contributed by atoms with Crippen LogP contribution >= 0.6 is 22.9 Å². The summed E-state index contributed by atoms with van der Waals surface area (Å²) in [5, 5.41) is 7.95. The average molecular weight is 366 g/mol. The van der Waals surface area contributed by atoms with Crippen molar-refractivity contribution < 1.29 is 14.3 Å². The molecule has 1 aromatic heterocycles. The molecule has 1 aliphatic rings. The summed E-state index contributed by atoms with van der Waals surface area (Å²) in [4.78, 5) is 27.1. The van der Waals surface area contributed by atoms with Crippen LogP contribution in [0.2, 0.25) is 0 Å². The van der Waals surface area contributed by atoms with Crippen molar-refractivity contribution in [3.8, 4) is 17.0 Å². The highest BCUT2D eigenvalue weighted by Gasteiger charge is 2.23. The lowest BCUT2D eigenvalue weighted by Crippen LogP contribution is -2.30. The molecule has 0 radical (unpaired) electrons. The molecular weight excluding hydrogens is 350 g/mol. The Balaban J connectivity index is 1.87. The molecule has 1 aromatic carbocycles. The van der Waals surface area contributed by atoms with Crippen LogP contribution in [0.25, 0.3) is 11.3 Å². The Hall–Kier alpha value is -2.12. The van der Waals surface area contributed by atoms with Crippen LogP contribution in [0, 0.1) is 0 Å². The highest BCUT2D eigenvalue weighted by molar-refractivity contribution is 7.14. The van der Waals surface area contributed by atoms with Crippen molar-refractivity contribution in [1.29, 1.82) is 0 Å². The van der Waals surface area contributed by atoms with Gasteiger partial charge in [0.2, 0.25) is 11.8 Å². The van der Waals surface area contributed by atoms with Crippen molar-refractivity contribution in [2.75, 3.05) is 17.8 Å². The monoisotopic (exact) mass is 365 g/mol. The van der Waals surface area contributed by atoms with Crippen molar-refractivity contribution in [3.05, 3.63) is 29.1 Å². The van der Waals surface area contributed by atoms with Crippen molar-refractivity contribution in [2.24, 2.45) is 0 Å². The molecule has 0 fully saturated rings. The number of thiazole rings is 1. The molecule has 24 heavy (non-hydrogen) atoms. The predicted molar refractivity (Wildman–Crippen MR) is 93.6 cm³/mol. The van der Waals surface area contributed by atoms with Gasteiger partial charge < -0.3 is 15.4 Å². The molecule has 2 N–H and O–H groups in total. The number of hydrogen-bond acceptors (Lipinski definition) is 5. The van der Waals surface area contributed by atoms with E-state index in [1.807, 2.05) is 23.6 Å². The highest BCUT2D eigenvalue weighted by atomic mass is 35.5. The topological polar surface area (TPSA) is 80.3 Å². The molecular formula is C16H16ClN3O3S. The molecule has 1 atom stereocenters. The summed E-state index contributed by atoms with van der Waals surface area (Å²) in [7, 11) is 0. The number of nitrogens with zero attached hydrogens (tertiary/aromatic N) is 1. The zero-order chi connectivity index (χ0) is 17.1. The lowest BCUT2D eigenvalue weighted by atomic mass is 9.97. The second kappa shape index (κ2) is 7.19. The van der Waals surface area contributed by atoms with Gasteiger partial charge in [-0.2, -0.15) is 0 Å². The number of fused-ring (bicyclic) bond motifs is 1. The maximum Gasteiger partial charge on any atom is 0.241 e. The van der Waals surface area contributed by atoms with Crippen molar-refractivity contribution in [1.82, 2.24) is 10.3 Å². The summed E-state index contributed by atoms with van der Waals surface area (Å²) in [6.45, 7) is 2.08. The predicted octanol–water partition coefficient (Wildman–Crippen LogP) is 2.95. The number of benzene rings is 1. The van der Waals surface area contributed by atoms with Gasteiger partial charge in [-0.3, -0.25) is 9.59 Å². The Bertz CT molecular complexity index is 778. The number of ether oxygens (including phenoxy) is 1. The SMILES string of the molecule is CC(=O)NC1CCOc2ccc(-c3csc(NC(=O)CCl)n3)cc21. The van der Waals surface area contributed by atoms with Gasteiger partial charge in [0.25, 0.3) is 0 Å². The maximum atomic E-state index is 11.4. The number of hydrogen-bond donors (Lipinski definition) is 2. The van der Waals surface area contributed by atoms with E-state index in [-0.39, 0.29) is 23.7 Å². The fourth-order valence-corrected chi connectivity index (χ4v) is 3.37. The second-order valence-electron chi connectivity index (χ2n) is 5.36. The zero-order valence-electron chi connectivity index (χ0n) is 13.0. The molecule has 0 saturated heterocycles. The molecule has 1 unspecified atom stereocenters. The van der Waals surface area contributed by atoms with Crippen LogP contribution in [-0.2, 0) is 9.59 Å². The third kappa shape index (κ3) is 3.68. The van der Waals surface area contributed by atoms with E-state index in [4.69, 9.17) is 16.3 Å². The first-order valence-electron chi connectivity index (χ1n) is 7.42. The minimum atomic E-state index is -0.290. The number of amides is 2. The van der Waals surface area contributed by atoms with E-state index in [1.54, 1.807) is 0 Å². The number of anilines is 1. The van der Waals surface area contributed by atoms with Gasteiger partial charge in [0.1, 0.15) is 11.6 Å². The molecule has 126 valence electrons. The van der Waals surface area contributed by atoms with E-state index in [2.05, 4.69) is 15.6 Å². The quantitative estimate of drug-likeness (QED) is 0.816. The second-order valence-corrected chi connectivity index (χ2v) is 6.49. The molecule has 1 aliphatic heterocycles. The van der Waals surface area contributed by atoms with E-state index >= 15 is 0 Å². The summed E-state index contributed by atoms with van der Waals surface area (Å²) < 4.78 is 5.66. The van der Waals surface area contributed by atoms with Gasteiger partial charge in [-0.05, 0) is 18.2 Å². The minimum absolute atomic E-state index is 0.0692. The molecule has 3 rings (SSSR count). The maximum absolute atomic E-state index is 11.4. The molecule has 8 heteroatoms. The molecule has 2 aromatic rings. The van der Waals surface area contributed by atoms with Gasteiger partial charge >= 0.3 is 0 Å². The van der Waals surface area contributed by atoms with Crippen molar-refractivity contribution in [2.45, 2.75) is 19.4 Å². The molecule has 2 heterocycles. The Labute approximate surface area is 148 Å². The van der Waals surface area contributed by atoms with Crippen LogP contribution < -0.4 is 15.4 Å². The van der Waals surface area contributed by atoms with Crippen molar-refractivity contribution in [3.63, 3.8) is 0 Å². The third-order valence-corrected chi connectivity index (χ3v) is 4.59. The van der Waals surface area contributed by atoms with E-state index in [0.717, 1.165) is 29.0 Å². The molecule has 6 nitrogen and oxygen atoms in total.